The van der Waals surface area contributed by atoms with Crippen molar-refractivity contribution in [1.82, 2.24) is 0 Å². The molecule has 19 heavy (non-hydrogen) atoms. The fourth-order valence-electron chi connectivity index (χ4n) is 3.22. The number of hydrogen-bond donors (Lipinski definition) is 0. The molecule has 0 unspecified atom stereocenters. The largest absolute Gasteiger partial charge is 0.351 e. The van der Waals surface area contributed by atoms with Crippen LogP contribution in [0.5, 0.6) is 0 Å². The molecule has 0 spiro atoms. The predicted molar refractivity (Wildman–Crippen MR) is 79.5 cm³/mol. The molecule has 0 saturated heterocycles. The highest BCUT2D eigenvalue weighted by atomic mass is 16.4. The molecule has 0 fully saturated rings. The summed E-state index contributed by atoms with van der Waals surface area (Å²) in [6, 6.07) is 13.0. The highest BCUT2D eigenvalue weighted by Gasteiger charge is 2.30. The average Bonchev–Trinajstić information content (AvgIpc) is 2.94. The van der Waals surface area contributed by atoms with E-state index in [1.165, 1.54) is 33.0 Å². The highest BCUT2D eigenvalue weighted by molar-refractivity contribution is 6.21. The second-order valence-electron chi connectivity index (χ2n) is 5.10. The summed E-state index contributed by atoms with van der Waals surface area (Å²) in [5.74, 6) is 1.00. The third-order valence-electron chi connectivity index (χ3n) is 4.10. The van der Waals surface area contributed by atoms with E-state index in [1.807, 2.05) is 0 Å². The summed E-state index contributed by atoms with van der Waals surface area (Å²) in [6.45, 7) is 0. The van der Waals surface area contributed by atoms with Crippen molar-refractivity contribution in [2.45, 2.75) is 12.8 Å². The van der Waals surface area contributed by atoms with E-state index in [9.17, 15) is 0 Å². The number of fused-ring (bicyclic) bond motifs is 5. The first-order valence-electron chi connectivity index (χ1n) is 6.73. The molecule has 0 radical (unpaired) electrons. The number of carbonyl (C=O) groups excluding carboxylic acids is 1. The third-order valence-corrected chi connectivity index (χ3v) is 4.10. The van der Waals surface area contributed by atoms with Crippen molar-refractivity contribution in [1.29, 1.82) is 0 Å². The van der Waals surface area contributed by atoms with Crippen molar-refractivity contribution in [3.63, 3.8) is 0 Å². The van der Waals surface area contributed by atoms with Gasteiger partial charge in [0.15, 0.2) is 0 Å². The zero-order valence-electron chi connectivity index (χ0n) is 10.9. The normalized spacial score (nSPS) is 19.1. The highest BCUT2D eigenvalue weighted by Crippen LogP contribution is 2.41. The number of allylic oxidation sites excluding steroid dienone is 4. The Morgan fingerprint density at radius 3 is 2.84 bits per heavy atom. The molecular formula is C18H15O+. The van der Waals surface area contributed by atoms with Gasteiger partial charge in [-0.1, -0.05) is 42.5 Å². The molecule has 0 atom stereocenters. The molecule has 2 aliphatic rings. The molecule has 0 N–H and O–H groups in total. The van der Waals surface area contributed by atoms with Gasteiger partial charge in [0, 0.05) is 6.08 Å². The van der Waals surface area contributed by atoms with Gasteiger partial charge in [-0.3, -0.25) is 4.42 Å². The Hall–Kier alpha value is -2.15. The lowest BCUT2D eigenvalue weighted by Gasteiger charge is -2.16. The van der Waals surface area contributed by atoms with Crippen LogP contribution in [0.3, 0.4) is 0 Å². The molecule has 2 aromatic carbocycles. The Morgan fingerprint density at radius 1 is 1.05 bits per heavy atom. The monoisotopic (exact) mass is 247 g/mol. The lowest BCUT2D eigenvalue weighted by molar-refractivity contribution is -0.222. The molecule has 1 heteroatoms. The Labute approximate surface area is 112 Å². The second kappa shape index (κ2) is 3.92. The third kappa shape index (κ3) is 1.45. The zero-order chi connectivity index (χ0) is 12.8. The van der Waals surface area contributed by atoms with E-state index in [0.29, 0.717) is 0 Å². The first-order chi connectivity index (χ1) is 9.38. The Morgan fingerprint density at radius 2 is 1.95 bits per heavy atom. The van der Waals surface area contributed by atoms with Crippen molar-refractivity contribution in [2.75, 3.05) is 7.11 Å². The molecule has 2 aliphatic carbocycles. The van der Waals surface area contributed by atoms with Crippen LogP contribution in [0.15, 0.2) is 54.1 Å². The van der Waals surface area contributed by atoms with Crippen molar-refractivity contribution in [3.8, 4) is 0 Å². The minimum Gasteiger partial charge on any atom is -0.257 e. The van der Waals surface area contributed by atoms with Crippen LogP contribution in [-0.2, 0) is 0 Å². The Balaban J connectivity index is 2.14. The molecule has 0 heterocycles. The van der Waals surface area contributed by atoms with Gasteiger partial charge >= 0.3 is 5.78 Å². The SMILES string of the molecule is C[O+]=C1C=C2CCC=C2c2ccc3ccccc3c21. The van der Waals surface area contributed by atoms with Crippen LogP contribution >= 0.6 is 0 Å². The molecule has 2 aromatic rings. The molecule has 92 valence electrons. The van der Waals surface area contributed by atoms with Gasteiger partial charge in [-0.2, -0.15) is 0 Å². The van der Waals surface area contributed by atoms with Crippen molar-refractivity contribution < 1.29 is 4.42 Å². The van der Waals surface area contributed by atoms with Crippen LogP contribution in [0.25, 0.3) is 16.3 Å². The molecular weight excluding hydrogens is 232 g/mol. The van der Waals surface area contributed by atoms with Crippen LogP contribution in [0.4, 0.5) is 0 Å². The summed E-state index contributed by atoms with van der Waals surface area (Å²) >= 11 is 0. The molecule has 0 aromatic heterocycles. The van der Waals surface area contributed by atoms with E-state index in [-0.39, 0.29) is 0 Å². The van der Waals surface area contributed by atoms with Crippen LogP contribution in [0.2, 0.25) is 0 Å². The van der Waals surface area contributed by atoms with Gasteiger partial charge in [-0.25, -0.2) is 0 Å². The predicted octanol–water partition coefficient (Wildman–Crippen LogP) is 4.31. The van der Waals surface area contributed by atoms with Crippen molar-refractivity contribution >= 4 is 22.1 Å². The molecule has 0 saturated carbocycles. The summed E-state index contributed by atoms with van der Waals surface area (Å²) in [6.07, 6.45) is 6.85. The molecule has 0 aliphatic heterocycles. The van der Waals surface area contributed by atoms with Gasteiger partial charge in [0.05, 0.1) is 5.56 Å². The smallest absolute Gasteiger partial charge is 0.257 e. The van der Waals surface area contributed by atoms with Gasteiger partial charge in [0.2, 0.25) is 0 Å². The number of benzene rings is 2. The minimum absolute atomic E-state index is 1.00. The second-order valence-corrected chi connectivity index (χ2v) is 5.10. The first-order valence-corrected chi connectivity index (χ1v) is 6.73. The maximum Gasteiger partial charge on any atom is 0.351 e. The van der Waals surface area contributed by atoms with E-state index in [4.69, 9.17) is 4.42 Å². The summed E-state index contributed by atoms with van der Waals surface area (Å²) in [7, 11) is 1.77. The van der Waals surface area contributed by atoms with Gasteiger partial charge in [-0.15, -0.1) is 0 Å². The van der Waals surface area contributed by atoms with Gasteiger partial charge in [-0.05, 0) is 40.3 Å². The van der Waals surface area contributed by atoms with Gasteiger partial charge < -0.3 is 0 Å². The van der Waals surface area contributed by atoms with Crippen molar-refractivity contribution in [3.05, 3.63) is 65.3 Å². The summed E-state index contributed by atoms with van der Waals surface area (Å²) in [5.41, 5.74) is 5.39. The summed E-state index contributed by atoms with van der Waals surface area (Å²) in [4.78, 5) is 0. The Bertz CT molecular complexity index is 775. The van der Waals surface area contributed by atoms with Crippen LogP contribution in [0, 0.1) is 0 Å². The minimum atomic E-state index is 1.00. The van der Waals surface area contributed by atoms with E-state index >= 15 is 0 Å². The standard InChI is InChI=1S/C18H15O/c1-19-17-11-13-6-4-8-14(13)16-10-9-12-5-2-3-7-15(12)18(16)17/h2-3,5,7-11H,4,6H2,1H3/q+1. The lowest BCUT2D eigenvalue weighted by Crippen LogP contribution is -2.09. The first kappa shape index (κ1) is 10.7. The molecule has 0 bridgehead atoms. The zero-order valence-corrected chi connectivity index (χ0v) is 10.9. The quantitative estimate of drug-likeness (QED) is 0.615. The van der Waals surface area contributed by atoms with E-state index < -0.39 is 0 Å². The van der Waals surface area contributed by atoms with Crippen molar-refractivity contribution in [2.24, 2.45) is 0 Å². The Kier molecular flexibility index (Phi) is 2.22. The topological polar surface area (TPSA) is 11.3 Å². The van der Waals surface area contributed by atoms with Crippen LogP contribution in [-0.4, -0.2) is 12.9 Å². The lowest BCUT2D eigenvalue weighted by atomic mass is 9.84. The number of ketones is 1. The van der Waals surface area contributed by atoms with E-state index in [0.717, 1.165) is 18.6 Å². The van der Waals surface area contributed by atoms with Gasteiger partial charge in [0.1, 0.15) is 0 Å². The van der Waals surface area contributed by atoms with Gasteiger partial charge in [0.25, 0.3) is 7.11 Å². The molecule has 0 amide bonds. The van der Waals surface area contributed by atoms with E-state index in [1.54, 1.807) is 7.11 Å². The maximum absolute atomic E-state index is 5.65. The average molecular weight is 247 g/mol. The maximum atomic E-state index is 5.65. The van der Waals surface area contributed by atoms with Crippen LogP contribution < -0.4 is 0 Å². The van der Waals surface area contributed by atoms with E-state index in [2.05, 4.69) is 48.6 Å². The fraction of sp³-hybridized carbons (Fsp3) is 0.167. The number of rotatable bonds is 0. The molecule has 4 rings (SSSR count). The molecule has 1 nitrogen and oxygen atoms in total. The fourth-order valence-corrected chi connectivity index (χ4v) is 3.22. The number of hydrogen-bond acceptors (Lipinski definition) is 0. The summed E-state index contributed by atoms with van der Waals surface area (Å²) < 4.78 is 5.65. The summed E-state index contributed by atoms with van der Waals surface area (Å²) in [5, 5.41) is 2.55. The van der Waals surface area contributed by atoms with Crippen LogP contribution in [0.1, 0.15) is 28.4 Å².